The minimum atomic E-state index is -0.481. The minimum absolute atomic E-state index is 0.0189. The van der Waals surface area contributed by atoms with Gasteiger partial charge in [0.2, 0.25) is 5.91 Å². The fourth-order valence-electron chi connectivity index (χ4n) is 3.57. The summed E-state index contributed by atoms with van der Waals surface area (Å²) >= 11 is 0. The number of nitrogens with one attached hydrogen (secondary N) is 1. The molecular weight excluding hydrogens is 364 g/mol. The van der Waals surface area contributed by atoms with Gasteiger partial charge in [-0.3, -0.25) is 14.6 Å². The Morgan fingerprint density at radius 3 is 2.14 bits per heavy atom. The van der Waals surface area contributed by atoms with Gasteiger partial charge in [-0.15, -0.1) is 0 Å². The van der Waals surface area contributed by atoms with E-state index in [4.69, 9.17) is 0 Å². The maximum Gasteiger partial charge on any atom is 0.274 e. The Morgan fingerprint density at radius 2 is 1.55 bits per heavy atom. The van der Waals surface area contributed by atoms with Crippen molar-refractivity contribution >= 4 is 11.8 Å². The smallest absolute Gasteiger partial charge is 0.274 e. The second kappa shape index (κ2) is 7.47. The zero-order valence-electron chi connectivity index (χ0n) is 16.4. The van der Waals surface area contributed by atoms with E-state index >= 15 is 0 Å². The number of amides is 2. The summed E-state index contributed by atoms with van der Waals surface area (Å²) in [4.78, 5) is 35.9. The lowest BCUT2D eigenvalue weighted by Crippen LogP contribution is -2.61. The maximum absolute atomic E-state index is 13.1. The first-order chi connectivity index (χ1) is 13.9. The van der Waals surface area contributed by atoms with Crippen molar-refractivity contribution in [1.82, 2.24) is 20.2 Å². The van der Waals surface area contributed by atoms with Gasteiger partial charge in [-0.2, -0.15) is 0 Å². The number of piperazine rings is 1. The van der Waals surface area contributed by atoms with Crippen LogP contribution in [0.25, 0.3) is 22.5 Å². The molecule has 1 aromatic heterocycles. The third-order valence-electron chi connectivity index (χ3n) is 4.77. The van der Waals surface area contributed by atoms with Gasteiger partial charge in [-0.25, -0.2) is 4.98 Å². The van der Waals surface area contributed by atoms with Crippen LogP contribution in [0.1, 0.15) is 24.3 Å². The molecule has 0 bridgehead atoms. The first-order valence-electron chi connectivity index (χ1n) is 9.51. The average molecular weight is 386 g/mol. The molecule has 0 atom stereocenters. The highest BCUT2D eigenvalue weighted by molar-refractivity contribution is 5.96. The normalized spacial score (nSPS) is 15.7. The zero-order chi connectivity index (χ0) is 20.4. The van der Waals surface area contributed by atoms with Gasteiger partial charge in [0.1, 0.15) is 5.69 Å². The monoisotopic (exact) mass is 386 g/mol. The number of carbonyl (C=O) groups is 2. The van der Waals surface area contributed by atoms with Gasteiger partial charge in [0.05, 0.1) is 29.7 Å². The summed E-state index contributed by atoms with van der Waals surface area (Å²) < 4.78 is 0. The van der Waals surface area contributed by atoms with Gasteiger partial charge < -0.3 is 10.2 Å². The van der Waals surface area contributed by atoms with E-state index in [1.807, 2.05) is 74.5 Å². The molecule has 3 aromatic rings. The number of hydrogen-bond donors (Lipinski definition) is 1. The van der Waals surface area contributed by atoms with E-state index in [1.165, 1.54) is 11.1 Å². The predicted octanol–water partition coefficient (Wildman–Crippen LogP) is 3.16. The Morgan fingerprint density at radius 1 is 0.966 bits per heavy atom. The highest BCUT2D eigenvalue weighted by atomic mass is 16.2. The lowest BCUT2D eigenvalue weighted by atomic mass is 10.0. The van der Waals surface area contributed by atoms with Crippen molar-refractivity contribution in [2.75, 3.05) is 13.1 Å². The molecule has 29 heavy (non-hydrogen) atoms. The lowest BCUT2D eigenvalue weighted by molar-refractivity contribution is -0.126. The van der Waals surface area contributed by atoms with Gasteiger partial charge in [0.15, 0.2) is 0 Å². The van der Waals surface area contributed by atoms with E-state index in [0.29, 0.717) is 17.9 Å². The van der Waals surface area contributed by atoms with Crippen molar-refractivity contribution in [2.24, 2.45) is 0 Å². The predicted molar refractivity (Wildman–Crippen MR) is 111 cm³/mol. The molecule has 2 heterocycles. The Labute approximate surface area is 169 Å². The lowest BCUT2D eigenvalue weighted by Gasteiger charge is -2.38. The van der Waals surface area contributed by atoms with Crippen LogP contribution in [0.2, 0.25) is 0 Å². The molecule has 4 rings (SSSR count). The number of carbonyl (C=O) groups excluding carboxylic acids is 2. The highest BCUT2D eigenvalue weighted by Crippen LogP contribution is 2.29. The molecule has 0 spiro atoms. The third kappa shape index (κ3) is 4.01. The molecule has 6 nitrogen and oxygen atoms in total. The van der Waals surface area contributed by atoms with Crippen molar-refractivity contribution in [3.05, 3.63) is 72.6 Å². The van der Waals surface area contributed by atoms with Crippen molar-refractivity contribution in [1.29, 1.82) is 0 Å². The molecule has 1 fully saturated rings. The quantitative estimate of drug-likeness (QED) is 0.750. The van der Waals surface area contributed by atoms with Crippen LogP contribution in [0, 0.1) is 0 Å². The van der Waals surface area contributed by atoms with Crippen LogP contribution in [-0.2, 0) is 4.79 Å². The summed E-state index contributed by atoms with van der Waals surface area (Å²) in [5.74, 6) is -0.469. The van der Waals surface area contributed by atoms with Crippen molar-refractivity contribution in [2.45, 2.75) is 19.4 Å². The Bertz CT molecular complexity index is 1050. The van der Waals surface area contributed by atoms with E-state index in [1.54, 1.807) is 0 Å². The Balaban J connectivity index is 1.76. The molecule has 2 amide bonds. The largest absolute Gasteiger partial charge is 0.348 e. The van der Waals surface area contributed by atoms with Crippen LogP contribution in [-0.4, -0.2) is 45.3 Å². The Hall–Kier alpha value is -3.54. The van der Waals surface area contributed by atoms with Gasteiger partial charge in [-0.1, -0.05) is 60.7 Å². The molecule has 146 valence electrons. The van der Waals surface area contributed by atoms with Crippen LogP contribution in [0.5, 0.6) is 0 Å². The van der Waals surface area contributed by atoms with Gasteiger partial charge >= 0.3 is 0 Å². The molecular formula is C23H22N4O2. The van der Waals surface area contributed by atoms with Crippen molar-refractivity contribution in [3.63, 3.8) is 0 Å². The first-order valence-corrected chi connectivity index (χ1v) is 9.51. The van der Waals surface area contributed by atoms with Gasteiger partial charge in [0.25, 0.3) is 5.91 Å². The van der Waals surface area contributed by atoms with E-state index in [9.17, 15) is 9.59 Å². The summed E-state index contributed by atoms with van der Waals surface area (Å²) in [7, 11) is 0. The maximum atomic E-state index is 13.1. The minimum Gasteiger partial charge on any atom is -0.348 e. The summed E-state index contributed by atoms with van der Waals surface area (Å²) in [6.45, 7) is 4.22. The standard InChI is InChI=1S/C23H22N4O2/c1-23(2)15-27(14-19(28)26-23)22(29)18-13-24-20(16-9-5-3-6-10-16)21(25-18)17-11-7-4-8-12-17/h3-13H,14-15H2,1-2H3,(H,26,28). The third-order valence-corrected chi connectivity index (χ3v) is 4.77. The number of benzene rings is 2. The molecule has 1 aliphatic rings. The van der Waals surface area contributed by atoms with E-state index < -0.39 is 5.54 Å². The molecule has 2 aromatic carbocycles. The summed E-state index contributed by atoms with van der Waals surface area (Å²) in [6.07, 6.45) is 1.50. The molecule has 1 aliphatic heterocycles. The number of hydrogen-bond acceptors (Lipinski definition) is 4. The van der Waals surface area contributed by atoms with Crippen LogP contribution in [0.4, 0.5) is 0 Å². The fourth-order valence-corrected chi connectivity index (χ4v) is 3.57. The van der Waals surface area contributed by atoms with Crippen molar-refractivity contribution in [3.8, 4) is 22.5 Å². The van der Waals surface area contributed by atoms with E-state index in [2.05, 4.69) is 15.3 Å². The second-order valence-corrected chi connectivity index (χ2v) is 7.78. The van der Waals surface area contributed by atoms with E-state index in [-0.39, 0.29) is 24.1 Å². The number of nitrogens with zero attached hydrogens (tertiary/aromatic N) is 3. The topological polar surface area (TPSA) is 75.2 Å². The van der Waals surface area contributed by atoms with Crippen LogP contribution < -0.4 is 5.32 Å². The molecule has 1 N–H and O–H groups in total. The van der Waals surface area contributed by atoms with Crippen molar-refractivity contribution < 1.29 is 9.59 Å². The highest BCUT2D eigenvalue weighted by Gasteiger charge is 2.34. The average Bonchev–Trinajstić information content (AvgIpc) is 2.72. The van der Waals surface area contributed by atoms with Crippen LogP contribution in [0.3, 0.4) is 0 Å². The van der Waals surface area contributed by atoms with Gasteiger partial charge in [-0.05, 0) is 13.8 Å². The SMILES string of the molecule is CC1(C)CN(C(=O)c2cnc(-c3ccccc3)c(-c3ccccc3)n2)CC(=O)N1. The van der Waals surface area contributed by atoms with Gasteiger partial charge in [0, 0.05) is 17.7 Å². The zero-order valence-corrected chi connectivity index (χ0v) is 16.4. The molecule has 1 saturated heterocycles. The van der Waals surface area contributed by atoms with Crippen LogP contribution in [0.15, 0.2) is 66.9 Å². The fraction of sp³-hybridized carbons (Fsp3) is 0.217. The second-order valence-electron chi connectivity index (χ2n) is 7.78. The van der Waals surface area contributed by atoms with E-state index in [0.717, 1.165) is 11.1 Å². The number of rotatable bonds is 3. The molecule has 0 radical (unpaired) electrons. The Kier molecular flexibility index (Phi) is 4.84. The molecule has 0 saturated carbocycles. The summed E-state index contributed by atoms with van der Waals surface area (Å²) in [6, 6.07) is 19.5. The summed E-state index contributed by atoms with van der Waals surface area (Å²) in [5.41, 5.74) is 2.91. The first kappa shape index (κ1) is 18.8. The van der Waals surface area contributed by atoms with Crippen LogP contribution >= 0.6 is 0 Å². The molecule has 0 aliphatic carbocycles. The molecule has 0 unspecified atom stereocenters. The molecule has 6 heteroatoms. The summed E-state index contributed by atoms with van der Waals surface area (Å²) in [5, 5.41) is 2.89. The number of aromatic nitrogens is 2.